The molecule has 130 valence electrons. The van der Waals surface area contributed by atoms with Crippen molar-refractivity contribution in [2.24, 2.45) is 0 Å². The van der Waals surface area contributed by atoms with Gasteiger partial charge in [0.25, 0.3) is 0 Å². The smallest absolute Gasteiger partial charge is 0.163 e. The average Bonchev–Trinajstić information content (AvgIpc) is 2.63. The summed E-state index contributed by atoms with van der Waals surface area (Å²) in [6.45, 7) is 7.28. The second-order valence-corrected chi connectivity index (χ2v) is 5.68. The molecule has 4 heteroatoms. The van der Waals surface area contributed by atoms with E-state index < -0.39 is 0 Å². The summed E-state index contributed by atoms with van der Waals surface area (Å²) < 4.78 is 11.5. The first-order valence-electron chi connectivity index (χ1n) is 8.80. The highest BCUT2D eigenvalue weighted by Crippen LogP contribution is 2.36. The topological polar surface area (TPSA) is 43.4 Å². The number of anilines is 2. The second-order valence-electron chi connectivity index (χ2n) is 5.68. The van der Waals surface area contributed by atoms with Crippen molar-refractivity contribution in [1.29, 1.82) is 0 Å². The molecule has 0 saturated heterocycles. The third-order valence-electron chi connectivity index (χ3n) is 4.07. The van der Waals surface area contributed by atoms with E-state index in [0.717, 1.165) is 40.2 Å². The van der Waals surface area contributed by atoms with Gasteiger partial charge in [-0.25, -0.2) is 0 Å². The van der Waals surface area contributed by atoms with Gasteiger partial charge in [0.05, 0.1) is 18.7 Å². The highest BCUT2D eigenvalue weighted by atomic mass is 16.5. The molecule has 0 fully saturated rings. The van der Waals surface area contributed by atoms with Crippen molar-refractivity contribution in [2.75, 3.05) is 18.5 Å². The van der Waals surface area contributed by atoms with Crippen LogP contribution in [0.25, 0.3) is 10.9 Å². The summed E-state index contributed by atoms with van der Waals surface area (Å²) >= 11 is 0. The Morgan fingerprint density at radius 2 is 1.60 bits per heavy atom. The first kappa shape index (κ1) is 17.1. The van der Waals surface area contributed by atoms with Gasteiger partial charge in [0.15, 0.2) is 11.5 Å². The number of rotatable bonds is 7. The number of para-hydroxylation sites is 1. The van der Waals surface area contributed by atoms with Crippen LogP contribution in [0.2, 0.25) is 0 Å². The molecular formula is C21H24N2O2. The molecule has 1 aromatic heterocycles. The maximum Gasteiger partial charge on any atom is 0.163 e. The molecule has 3 rings (SSSR count). The minimum Gasteiger partial charge on any atom is -0.490 e. The highest BCUT2D eigenvalue weighted by Gasteiger charge is 2.11. The fraction of sp³-hybridized carbons (Fsp3) is 0.286. The fourth-order valence-electron chi connectivity index (χ4n) is 2.89. The van der Waals surface area contributed by atoms with E-state index in [1.807, 2.05) is 44.3 Å². The van der Waals surface area contributed by atoms with Crippen LogP contribution in [-0.4, -0.2) is 18.2 Å². The zero-order chi connectivity index (χ0) is 17.6. The number of fused-ring (bicyclic) bond motifs is 1. The number of aromatic nitrogens is 1. The van der Waals surface area contributed by atoms with Crippen LogP contribution in [0.5, 0.6) is 11.5 Å². The van der Waals surface area contributed by atoms with E-state index in [2.05, 4.69) is 35.4 Å². The largest absolute Gasteiger partial charge is 0.490 e. The Morgan fingerprint density at radius 3 is 2.32 bits per heavy atom. The van der Waals surface area contributed by atoms with Crippen LogP contribution in [0.4, 0.5) is 11.4 Å². The summed E-state index contributed by atoms with van der Waals surface area (Å²) in [6, 6.07) is 14.3. The van der Waals surface area contributed by atoms with Gasteiger partial charge in [0.2, 0.25) is 0 Å². The molecule has 0 aliphatic heterocycles. The van der Waals surface area contributed by atoms with Crippen LogP contribution in [0.3, 0.4) is 0 Å². The third-order valence-corrected chi connectivity index (χ3v) is 4.07. The van der Waals surface area contributed by atoms with E-state index in [4.69, 9.17) is 9.47 Å². The van der Waals surface area contributed by atoms with Crippen molar-refractivity contribution in [3.05, 3.63) is 54.2 Å². The van der Waals surface area contributed by atoms with Crippen LogP contribution in [0, 0.1) is 0 Å². The van der Waals surface area contributed by atoms with E-state index in [1.165, 1.54) is 5.56 Å². The maximum absolute atomic E-state index is 5.77. The molecule has 1 N–H and O–H groups in total. The Hall–Kier alpha value is -2.75. The lowest BCUT2D eigenvalue weighted by Gasteiger charge is -2.15. The molecule has 0 spiro atoms. The Labute approximate surface area is 148 Å². The molecule has 1 heterocycles. The van der Waals surface area contributed by atoms with Gasteiger partial charge in [0, 0.05) is 29.0 Å². The summed E-state index contributed by atoms with van der Waals surface area (Å²) in [5, 5.41) is 4.57. The van der Waals surface area contributed by atoms with Crippen LogP contribution in [0.15, 0.2) is 48.7 Å². The molecule has 2 aromatic carbocycles. The lowest BCUT2D eigenvalue weighted by Crippen LogP contribution is -2.00. The fourth-order valence-corrected chi connectivity index (χ4v) is 2.89. The SMILES string of the molecule is CCOc1cc2nccc(Nc3ccccc3CC)c2cc1OCC. The standard InChI is InChI=1S/C21H24N2O2/c1-4-15-9-7-8-10-17(15)23-18-11-12-22-19-14-21(25-6-3)20(24-5-2)13-16(18)19/h7-14H,4-6H2,1-3H3,(H,22,23). The second kappa shape index (κ2) is 7.88. The molecule has 0 unspecified atom stereocenters. The van der Waals surface area contributed by atoms with Crippen molar-refractivity contribution in [2.45, 2.75) is 27.2 Å². The molecular weight excluding hydrogens is 312 g/mol. The highest BCUT2D eigenvalue weighted by molar-refractivity contribution is 5.95. The lowest BCUT2D eigenvalue weighted by molar-refractivity contribution is 0.288. The van der Waals surface area contributed by atoms with Gasteiger partial charge in [-0.2, -0.15) is 0 Å². The number of nitrogens with one attached hydrogen (secondary N) is 1. The minimum atomic E-state index is 0.591. The first-order chi connectivity index (χ1) is 12.3. The van der Waals surface area contributed by atoms with Crippen molar-refractivity contribution in [3.8, 4) is 11.5 Å². The van der Waals surface area contributed by atoms with Gasteiger partial charge in [-0.3, -0.25) is 4.98 Å². The van der Waals surface area contributed by atoms with Gasteiger partial charge in [-0.15, -0.1) is 0 Å². The van der Waals surface area contributed by atoms with Crippen molar-refractivity contribution in [1.82, 2.24) is 4.98 Å². The number of hydrogen-bond donors (Lipinski definition) is 1. The maximum atomic E-state index is 5.77. The van der Waals surface area contributed by atoms with Gasteiger partial charge >= 0.3 is 0 Å². The average molecular weight is 336 g/mol. The summed E-state index contributed by atoms with van der Waals surface area (Å²) in [4.78, 5) is 4.49. The Balaban J connectivity index is 2.07. The Morgan fingerprint density at radius 1 is 0.880 bits per heavy atom. The van der Waals surface area contributed by atoms with E-state index in [1.54, 1.807) is 0 Å². The van der Waals surface area contributed by atoms with Crippen molar-refractivity contribution >= 4 is 22.3 Å². The van der Waals surface area contributed by atoms with Gasteiger partial charge < -0.3 is 14.8 Å². The normalized spacial score (nSPS) is 10.7. The molecule has 4 nitrogen and oxygen atoms in total. The molecule has 0 radical (unpaired) electrons. The Kier molecular flexibility index (Phi) is 5.39. The van der Waals surface area contributed by atoms with Crippen LogP contribution in [-0.2, 0) is 6.42 Å². The van der Waals surface area contributed by atoms with Crippen molar-refractivity contribution in [3.63, 3.8) is 0 Å². The number of aryl methyl sites for hydroxylation is 1. The zero-order valence-corrected chi connectivity index (χ0v) is 15.0. The predicted octanol–water partition coefficient (Wildman–Crippen LogP) is 5.34. The number of ether oxygens (including phenoxy) is 2. The number of pyridine rings is 1. The number of nitrogens with zero attached hydrogens (tertiary/aromatic N) is 1. The molecule has 0 aliphatic carbocycles. The summed E-state index contributed by atoms with van der Waals surface area (Å²) in [6.07, 6.45) is 2.79. The number of hydrogen-bond acceptors (Lipinski definition) is 4. The molecule has 25 heavy (non-hydrogen) atoms. The van der Waals surface area contributed by atoms with Crippen LogP contribution < -0.4 is 14.8 Å². The summed E-state index contributed by atoms with van der Waals surface area (Å²) in [7, 11) is 0. The van der Waals surface area contributed by atoms with E-state index in [-0.39, 0.29) is 0 Å². The van der Waals surface area contributed by atoms with Crippen LogP contribution in [0.1, 0.15) is 26.3 Å². The summed E-state index contributed by atoms with van der Waals surface area (Å²) in [5.41, 5.74) is 4.29. The quantitative estimate of drug-likeness (QED) is 0.632. The van der Waals surface area contributed by atoms with E-state index in [9.17, 15) is 0 Å². The molecule has 0 aliphatic rings. The third kappa shape index (κ3) is 3.68. The van der Waals surface area contributed by atoms with Crippen molar-refractivity contribution < 1.29 is 9.47 Å². The molecule has 0 amide bonds. The zero-order valence-electron chi connectivity index (χ0n) is 15.0. The number of benzene rings is 2. The first-order valence-corrected chi connectivity index (χ1v) is 8.80. The van der Waals surface area contributed by atoms with Crippen LogP contribution >= 0.6 is 0 Å². The lowest BCUT2D eigenvalue weighted by atomic mass is 10.1. The monoisotopic (exact) mass is 336 g/mol. The van der Waals surface area contributed by atoms with E-state index >= 15 is 0 Å². The molecule has 0 saturated carbocycles. The summed E-state index contributed by atoms with van der Waals surface area (Å²) in [5.74, 6) is 1.48. The van der Waals surface area contributed by atoms with Gasteiger partial charge in [0.1, 0.15) is 0 Å². The molecule has 0 atom stereocenters. The van der Waals surface area contributed by atoms with Gasteiger partial charge in [-0.1, -0.05) is 25.1 Å². The predicted molar refractivity (Wildman–Crippen MR) is 103 cm³/mol. The molecule has 0 bridgehead atoms. The Bertz CT molecular complexity index is 862. The van der Waals surface area contributed by atoms with Gasteiger partial charge in [-0.05, 0) is 44.0 Å². The molecule has 3 aromatic rings. The van der Waals surface area contributed by atoms with E-state index in [0.29, 0.717) is 13.2 Å². The minimum absolute atomic E-state index is 0.591.